The Balaban J connectivity index is 1.90. The number of imidazole rings is 1. The molecule has 6 nitrogen and oxygen atoms in total. The molecule has 2 heterocycles. The lowest BCUT2D eigenvalue weighted by atomic mass is 10.2. The Morgan fingerprint density at radius 1 is 1.15 bits per heavy atom. The maximum atomic E-state index is 12.1. The zero-order valence-corrected chi connectivity index (χ0v) is 11.0. The highest BCUT2D eigenvalue weighted by Gasteiger charge is 2.13. The Kier molecular flexibility index (Phi) is 2.71. The van der Waals surface area contributed by atoms with Gasteiger partial charge in [-0.1, -0.05) is 0 Å². The number of hydrogen-bond acceptors (Lipinski definition) is 3. The van der Waals surface area contributed by atoms with Crippen LogP contribution in [0.25, 0.3) is 11.0 Å². The highest BCUT2D eigenvalue weighted by Crippen LogP contribution is 2.18. The summed E-state index contributed by atoms with van der Waals surface area (Å²) in [5, 5.41) is 2.78. The van der Waals surface area contributed by atoms with Gasteiger partial charge in [0.2, 0.25) is 0 Å². The number of H-pyrrole nitrogens is 2. The molecule has 0 saturated heterocycles. The van der Waals surface area contributed by atoms with Crippen LogP contribution in [0.15, 0.2) is 33.5 Å². The average molecular weight is 271 g/mol. The standard InChI is InChI=1S/C14H13N3O3/c1-7-5-10(8(2)20-7)13(18)15-9-3-4-11-12(6-9)17-14(19)16-11/h3-6H,1-2H3,(H,15,18)(H2,16,17,19). The van der Waals surface area contributed by atoms with Crippen LogP contribution in [0.5, 0.6) is 0 Å². The molecule has 0 radical (unpaired) electrons. The number of amides is 1. The SMILES string of the molecule is Cc1cc(C(=O)Nc2ccc3[nH]c(=O)[nH]c3c2)c(C)o1. The van der Waals surface area contributed by atoms with E-state index in [9.17, 15) is 9.59 Å². The van der Waals surface area contributed by atoms with Crippen LogP contribution in [0, 0.1) is 13.8 Å². The molecule has 20 heavy (non-hydrogen) atoms. The summed E-state index contributed by atoms with van der Waals surface area (Å²) in [5.74, 6) is 1.03. The summed E-state index contributed by atoms with van der Waals surface area (Å²) in [6.45, 7) is 3.54. The van der Waals surface area contributed by atoms with Gasteiger partial charge in [0.05, 0.1) is 16.6 Å². The Morgan fingerprint density at radius 3 is 2.60 bits per heavy atom. The predicted molar refractivity (Wildman–Crippen MR) is 75.1 cm³/mol. The molecule has 3 N–H and O–H groups in total. The van der Waals surface area contributed by atoms with Crippen LogP contribution in [0.4, 0.5) is 5.69 Å². The van der Waals surface area contributed by atoms with E-state index in [0.29, 0.717) is 33.8 Å². The number of fused-ring (bicyclic) bond motifs is 1. The number of nitrogens with one attached hydrogen (secondary N) is 3. The van der Waals surface area contributed by atoms with Crippen molar-refractivity contribution in [3.8, 4) is 0 Å². The molecule has 1 amide bonds. The molecule has 0 atom stereocenters. The molecule has 0 spiro atoms. The minimum Gasteiger partial charge on any atom is -0.466 e. The number of hydrogen-bond donors (Lipinski definition) is 3. The second-order valence-corrected chi connectivity index (χ2v) is 4.62. The van der Waals surface area contributed by atoms with Crippen LogP contribution in [0.3, 0.4) is 0 Å². The highest BCUT2D eigenvalue weighted by molar-refractivity contribution is 6.05. The third-order valence-electron chi connectivity index (χ3n) is 3.06. The van der Waals surface area contributed by atoms with Crippen molar-refractivity contribution in [2.45, 2.75) is 13.8 Å². The molecule has 0 aliphatic rings. The third-order valence-corrected chi connectivity index (χ3v) is 3.06. The Morgan fingerprint density at radius 2 is 1.90 bits per heavy atom. The number of carbonyl (C=O) groups excluding carboxylic acids is 1. The maximum absolute atomic E-state index is 12.1. The molecule has 102 valence electrons. The molecule has 0 fully saturated rings. The van der Waals surface area contributed by atoms with Crippen molar-refractivity contribution in [1.29, 1.82) is 0 Å². The van der Waals surface area contributed by atoms with E-state index in [0.717, 1.165) is 0 Å². The lowest BCUT2D eigenvalue weighted by molar-refractivity contribution is 0.102. The first-order valence-electron chi connectivity index (χ1n) is 6.13. The average Bonchev–Trinajstić information content (AvgIpc) is 2.90. The Hall–Kier alpha value is -2.76. The van der Waals surface area contributed by atoms with Crippen LogP contribution in [-0.4, -0.2) is 15.9 Å². The number of carbonyl (C=O) groups is 1. The largest absolute Gasteiger partial charge is 0.466 e. The highest BCUT2D eigenvalue weighted by atomic mass is 16.3. The number of aryl methyl sites for hydroxylation is 2. The van der Waals surface area contributed by atoms with Crippen LogP contribution in [0.2, 0.25) is 0 Å². The first-order chi connectivity index (χ1) is 9.52. The van der Waals surface area contributed by atoms with Crippen molar-refractivity contribution in [2.75, 3.05) is 5.32 Å². The third kappa shape index (κ3) is 2.11. The fourth-order valence-corrected chi connectivity index (χ4v) is 2.16. The van der Waals surface area contributed by atoms with Crippen molar-refractivity contribution in [2.24, 2.45) is 0 Å². The fraction of sp³-hybridized carbons (Fsp3) is 0.143. The molecule has 1 aromatic carbocycles. The van der Waals surface area contributed by atoms with Gasteiger partial charge in [0.25, 0.3) is 5.91 Å². The summed E-state index contributed by atoms with van der Waals surface area (Å²) in [6, 6.07) is 6.86. The van der Waals surface area contributed by atoms with Gasteiger partial charge in [-0.15, -0.1) is 0 Å². The van der Waals surface area contributed by atoms with Gasteiger partial charge < -0.3 is 19.7 Å². The number of aromatic amines is 2. The van der Waals surface area contributed by atoms with E-state index in [1.165, 1.54) is 0 Å². The number of aromatic nitrogens is 2. The smallest absolute Gasteiger partial charge is 0.323 e. The fourth-order valence-electron chi connectivity index (χ4n) is 2.16. The summed E-state index contributed by atoms with van der Waals surface area (Å²) in [6.07, 6.45) is 0. The summed E-state index contributed by atoms with van der Waals surface area (Å²) in [5.41, 5.74) is 2.18. The molecular weight excluding hydrogens is 258 g/mol. The first kappa shape index (κ1) is 12.3. The van der Waals surface area contributed by atoms with Crippen molar-refractivity contribution < 1.29 is 9.21 Å². The summed E-state index contributed by atoms with van der Waals surface area (Å²) in [7, 11) is 0. The van der Waals surface area contributed by atoms with E-state index >= 15 is 0 Å². The first-order valence-corrected chi connectivity index (χ1v) is 6.13. The predicted octanol–water partition coefficient (Wildman–Crippen LogP) is 2.32. The molecule has 0 unspecified atom stereocenters. The molecule has 6 heteroatoms. The van der Waals surface area contributed by atoms with Crippen molar-refractivity contribution in [3.05, 3.63) is 51.8 Å². The van der Waals surface area contributed by atoms with E-state index in [1.807, 2.05) is 0 Å². The lowest BCUT2D eigenvalue weighted by Gasteiger charge is -2.04. The quantitative estimate of drug-likeness (QED) is 0.668. The van der Waals surface area contributed by atoms with E-state index in [-0.39, 0.29) is 11.6 Å². The molecule has 2 aromatic heterocycles. The number of anilines is 1. The zero-order valence-electron chi connectivity index (χ0n) is 11.0. The second kappa shape index (κ2) is 4.41. The Bertz CT molecular complexity index is 854. The van der Waals surface area contributed by atoms with E-state index in [2.05, 4.69) is 15.3 Å². The minimum absolute atomic E-state index is 0.239. The maximum Gasteiger partial charge on any atom is 0.323 e. The topological polar surface area (TPSA) is 90.9 Å². The summed E-state index contributed by atoms with van der Waals surface area (Å²) in [4.78, 5) is 28.6. The van der Waals surface area contributed by atoms with Gasteiger partial charge in [-0.25, -0.2) is 4.79 Å². The van der Waals surface area contributed by atoms with Crippen LogP contribution >= 0.6 is 0 Å². The van der Waals surface area contributed by atoms with Gasteiger partial charge in [0.15, 0.2) is 0 Å². The van der Waals surface area contributed by atoms with Gasteiger partial charge >= 0.3 is 5.69 Å². The van der Waals surface area contributed by atoms with Crippen LogP contribution < -0.4 is 11.0 Å². The Labute approximate surface area is 113 Å². The van der Waals surface area contributed by atoms with Gasteiger partial charge in [0.1, 0.15) is 11.5 Å². The van der Waals surface area contributed by atoms with Crippen LogP contribution in [-0.2, 0) is 0 Å². The van der Waals surface area contributed by atoms with Gasteiger partial charge in [-0.3, -0.25) is 4.79 Å². The van der Waals surface area contributed by atoms with E-state index in [1.54, 1.807) is 38.1 Å². The van der Waals surface area contributed by atoms with E-state index < -0.39 is 0 Å². The molecule has 0 bridgehead atoms. The van der Waals surface area contributed by atoms with Crippen molar-refractivity contribution in [1.82, 2.24) is 9.97 Å². The summed E-state index contributed by atoms with van der Waals surface area (Å²) < 4.78 is 5.33. The molecule has 0 aliphatic heterocycles. The molecule has 3 aromatic rings. The second-order valence-electron chi connectivity index (χ2n) is 4.62. The van der Waals surface area contributed by atoms with Gasteiger partial charge in [0, 0.05) is 5.69 Å². The lowest BCUT2D eigenvalue weighted by Crippen LogP contribution is -2.12. The van der Waals surface area contributed by atoms with Crippen molar-refractivity contribution in [3.63, 3.8) is 0 Å². The zero-order chi connectivity index (χ0) is 14.3. The minimum atomic E-state index is -0.273. The molecular formula is C14H13N3O3. The van der Waals surface area contributed by atoms with E-state index in [4.69, 9.17) is 4.42 Å². The number of furan rings is 1. The number of benzene rings is 1. The van der Waals surface area contributed by atoms with Crippen LogP contribution in [0.1, 0.15) is 21.9 Å². The molecule has 3 rings (SSSR count). The monoisotopic (exact) mass is 271 g/mol. The van der Waals surface area contributed by atoms with Gasteiger partial charge in [-0.05, 0) is 38.1 Å². The normalized spacial score (nSPS) is 10.9. The molecule has 0 aliphatic carbocycles. The van der Waals surface area contributed by atoms with Gasteiger partial charge in [-0.2, -0.15) is 0 Å². The summed E-state index contributed by atoms with van der Waals surface area (Å²) >= 11 is 0. The molecule has 0 saturated carbocycles. The number of rotatable bonds is 2. The van der Waals surface area contributed by atoms with Crippen molar-refractivity contribution >= 4 is 22.6 Å².